The van der Waals surface area contributed by atoms with Gasteiger partial charge in [0.15, 0.2) is 0 Å². The molecule has 0 bridgehead atoms. The lowest BCUT2D eigenvalue weighted by Crippen LogP contribution is -2.29. The fraction of sp³-hybridized carbons (Fsp3) is 0.520. The Kier molecular flexibility index (Phi) is 6.06. The van der Waals surface area contributed by atoms with Crippen LogP contribution < -0.4 is 0 Å². The summed E-state index contributed by atoms with van der Waals surface area (Å²) in [4.78, 5) is 4.49. The van der Waals surface area contributed by atoms with Gasteiger partial charge in [-0.2, -0.15) is 17.6 Å². The zero-order chi connectivity index (χ0) is 25.9. The highest BCUT2D eigenvalue weighted by molar-refractivity contribution is 7.90. The topological polar surface area (TPSA) is 111 Å². The van der Waals surface area contributed by atoms with Crippen LogP contribution in [0.5, 0.6) is 0 Å². The molecule has 0 unspecified atom stereocenters. The van der Waals surface area contributed by atoms with Crippen LogP contribution in [0.15, 0.2) is 52.4 Å². The van der Waals surface area contributed by atoms with Gasteiger partial charge in [0.05, 0.1) is 27.7 Å². The third kappa shape index (κ3) is 4.25. The highest BCUT2D eigenvalue weighted by Crippen LogP contribution is 2.52. The van der Waals surface area contributed by atoms with Crippen LogP contribution >= 0.6 is 0 Å². The van der Waals surface area contributed by atoms with Crippen molar-refractivity contribution in [3.05, 3.63) is 48.3 Å². The number of sulfonamides is 1. The van der Waals surface area contributed by atoms with Gasteiger partial charge in [-0.3, -0.25) is 4.98 Å². The largest absolute Gasteiger partial charge is 0.375 e. The predicted molar refractivity (Wildman–Crippen MR) is 136 cm³/mol. The molecule has 1 aromatic carbocycles. The maximum atomic E-state index is 13.6. The highest BCUT2D eigenvalue weighted by Gasteiger charge is 2.46. The van der Waals surface area contributed by atoms with Crippen molar-refractivity contribution in [2.24, 2.45) is 5.41 Å². The Labute approximate surface area is 212 Å². The van der Waals surface area contributed by atoms with Crippen LogP contribution in [0.4, 0.5) is 0 Å². The van der Waals surface area contributed by atoms with Gasteiger partial charge in [-0.25, -0.2) is 12.7 Å². The summed E-state index contributed by atoms with van der Waals surface area (Å²) in [5.74, 6) is 0.112. The van der Waals surface area contributed by atoms with E-state index in [0.717, 1.165) is 47.1 Å². The Bertz CT molecular complexity index is 1500. The molecule has 5 rings (SSSR count). The van der Waals surface area contributed by atoms with Gasteiger partial charge in [0.1, 0.15) is 11.0 Å². The van der Waals surface area contributed by atoms with Crippen molar-refractivity contribution in [2.45, 2.75) is 67.3 Å². The molecule has 2 aromatic heterocycles. The quantitative estimate of drug-likeness (QED) is 0.492. The molecule has 194 valence electrons. The molecular weight excluding hydrogens is 500 g/mol. The standard InChI is InChI=1S/C25H32N4O5S2/c1-24(2)16-25(17-34-24)13-11-18(12-14-25)22-23-21(6-5-15-26-23)29(27-22)36(32,33)20-9-7-19(8-10-20)35(30,31)28(3)4/h5-10,15,18H,11-14,16-17H2,1-4H3/t18-,25-. The summed E-state index contributed by atoms with van der Waals surface area (Å²) in [7, 11) is -4.88. The number of aromatic nitrogens is 3. The van der Waals surface area contributed by atoms with Gasteiger partial charge in [-0.1, -0.05) is 0 Å². The van der Waals surface area contributed by atoms with E-state index in [9.17, 15) is 16.8 Å². The molecule has 1 spiro atoms. The van der Waals surface area contributed by atoms with Crippen molar-refractivity contribution in [1.82, 2.24) is 18.5 Å². The maximum absolute atomic E-state index is 13.6. The van der Waals surface area contributed by atoms with Crippen LogP contribution in [0.25, 0.3) is 11.0 Å². The first-order valence-corrected chi connectivity index (χ1v) is 15.0. The van der Waals surface area contributed by atoms with Gasteiger partial charge in [-0.05, 0) is 87.8 Å². The maximum Gasteiger partial charge on any atom is 0.283 e. The first kappa shape index (κ1) is 25.3. The van der Waals surface area contributed by atoms with E-state index in [2.05, 4.69) is 23.9 Å². The zero-order valence-electron chi connectivity index (χ0n) is 21.0. The number of benzene rings is 1. The number of rotatable bonds is 5. The van der Waals surface area contributed by atoms with Gasteiger partial charge >= 0.3 is 0 Å². The molecule has 0 amide bonds. The minimum Gasteiger partial charge on any atom is -0.375 e. The summed E-state index contributed by atoms with van der Waals surface area (Å²) in [5.41, 5.74) is 1.80. The van der Waals surface area contributed by atoms with Crippen molar-refractivity contribution in [2.75, 3.05) is 20.7 Å². The molecule has 1 saturated heterocycles. The first-order chi connectivity index (χ1) is 16.8. The van der Waals surface area contributed by atoms with Crippen molar-refractivity contribution in [3.8, 4) is 0 Å². The summed E-state index contributed by atoms with van der Waals surface area (Å²) >= 11 is 0. The molecule has 1 saturated carbocycles. The lowest BCUT2D eigenvalue weighted by Gasteiger charge is -2.36. The molecule has 0 radical (unpaired) electrons. The zero-order valence-corrected chi connectivity index (χ0v) is 22.6. The molecule has 1 aliphatic carbocycles. The summed E-state index contributed by atoms with van der Waals surface area (Å²) in [5, 5.41) is 4.61. The molecule has 2 fully saturated rings. The Morgan fingerprint density at radius 1 is 1.00 bits per heavy atom. The second-order valence-electron chi connectivity index (χ2n) is 10.9. The van der Waals surface area contributed by atoms with E-state index in [0.29, 0.717) is 16.7 Å². The lowest BCUT2D eigenvalue weighted by atomic mass is 9.67. The molecule has 3 aromatic rings. The number of ether oxygens (including phenoxy) is 1. The number of pyridine rings is 1. The fourth-order valence-corrected chi connectivity index (χ4v) is 7.86. The van der Waals surface area contributed by atoms with Crippen LogP contribution in [-0.4, -0.2) is 61.6 Å². The van der Waals surface area contributed by atoms with Crippen LogP contribution in [0.3, 0.4) is 0 Å². The highest BCUT2D eigenvalue weighted by atomic mass is 32.2. The average molecular weight is 533 g/mol. The molecule has 1 aliphatic heterocycles. The van der Waals surface area contributed by atoms with E-state index in [4.69, 9.17) is 4.74 Å². The molecule has 0 N–H and O–H groups in total. The van der Waals surface area contributed by atoms with E-state index in [1.54, 1.807) is 18.3 Å². The van der Waals surface area contributed by atoms with E-state index in [-0.39, 0.29) is 26.7 Å². The summed E-state index contributed by atoms with van der Waals surface area (Å²) < 4.78 is 60.2. The van der Waals surface area contributed by atoms with Gasteiger partial charge in [0.2, 0.25) is 10.0 Å². The predicted octanol–water partition coefficient (Wildman–Crippen LogP) is 3.76. The van der Waals surface area contributed by atoms with Gasteiger partial charge in [0, 0.05) is 26.2 Å². The number of hydrogen-bond donors (Lipinski definition) is 0. The van der Waals surface area contributed by atoms with Crippen molar-refractivity contribution in [1.29, 1.82) is 0 Å². The summed E-state index contributed by atoms with van der Waals surface area (Å²) in [6.45, 7) is 5.05. The average Bonchev–Trinajstić information content (AvgIpc) is 3.37. The Hall–Kier alpha value is -2.34. The van der Waals surface area contributed by atoms with Gasteiger partial charge in [0.25, 0.3) is 10.0 Å². The Morgan fingerprint density at radius 2 is 1.64 bits per heavy atom. The minimum absolute atomic E-state index is 0.0225. The van der Waals surface area contributed by atoms with E-state index >= 15 is 0 Å². The van der Waals surface area contributed by atoms with Gasteiger partial charge in [-0.15, -0.1) is 0 Å². The summed E-state index contributed by atoms with van der Waals surface area (Å²) in [6, 6.07) is 8.62. The molecule has 11 heteroatoms. The number of hydrogen-bond acceptors (Lipinski definition) is 7. The molecule has 2 aliphatic rings. The summed E-state index contributed by atoms with van der Waals surface area (Å²) in [6.07, 6.45) is 6.52. The molecule has 3 heterocycles. The molecule has 0 atom stereocenters. The lowest BCUT2D eigenvalue weighted by molar-refractivity contribution is 0.0280. The monoisotopic (exact) mass is 532 g/mol. The van der Waals surface area contributed by atoms with E-state index in [1.807, 2.05) is 0 Å². The fourth-order valence-electron chi connectivity index (χ4n) is 5.68. The normalized spacial score (nSPS) is 24.6. The van der Waals surface area contributed by atoms with E-state index in [1.165, 1.54) is 38.4 Å². The Balaban J connectivity index is 1.48. The van der Waals surface area contributed by atoms with Crippen molar-refractivity contribution < 1.29 is 21.6 Å². The van der Waals surface area contributed by atoms with Crippen LogP contribution in [-0.2, 0) is 24.8 Å². The van der Waals surface area contributed by atoms with Crippen LogP contribution in [0.2, 0.25) is 0 Å². The second kappa shape index (κ2) is 8.61. The first-order valence-electron chi connectivity index (χ1n) is 12.1. The van der Waals surface area contributed by atoms with Crippen LogP contribution in [0.1, 0.15) is 57.6 Å². The molecular formula is C25H32N4O5S2. The molecule has 9 nitrogen and oxygen atoms in total. The molecule has 36 heavy (non-hydrogen) atoms. The SMILES string of the molecule is CN(C)S(=O)(=O)c1ccc(S(=O)(=O)n2nc([C@H]3CC[C@@]4(CC3)COC(C)(C)C4)c3ncccc32)cc1. The van der Waals surface area contributed by atoms with Gasteiger partial charge < -0.3 is 4.74 Å². The third-order valence-electron chi connectivity index (χ3n) is 7.56. The third-order valence-corrected chi connectivity index (χ3v) is 11.0. The Morgan fingerprint density at radius 3 is 2.22 bits per heavy atom. The van der Waals surface area contributed by atoms with Crippen molar-refractivity contribution >= 4 is 31.1 Å². The van der Waals surface area contributed by atoms with E-state index < -0.39 is 20.0 Å². The minimum atomic E-state index is -4.07. The smallest absolute Gasteiger partial charge is 0.283 e. The second-order valence-corrected chi connectivity index (χ2v) is 14.8. The number of fused-ring (bicyclic) bond motifs is 1. The van der Waals surface area contributed by atoms with Crippen LogP contribution in [0, 0.1) is 5.41 Å². The number of nitrogens with zero attached hydrogens (tertiary/aromatic N) is 4. The van der Waals surface area contributed by atoms with Crippen molar-refractivity contribution in [3.63, 3.8) is 0 Å².